The van der Waals surface area contributed by atoms with E-state index in [0.29, 0.717) is 0 Å². The monoisotopic (exact) mass is 327 g/mol. The third-order valence-corrected chi connectivity index (χ3v) is 4.11. The van der Waals surface area contributed by atoms with Crippen molar-refractivity contribution in [2.45, 2.75) is 6.92 Å². The molecule has 2 aromatic heterocycles. The summed E-state index contributed by atoms with van der Waals surface area (Å²) in [5.74, 6) is -0.0651. The Bertz CT molecular complexity index is 1020. The summed E-state index contributed by atoms with van der Waals surface area (Å²) >= 11 is 0. The molecular weight excluding hydrogens is 310 g/mol. The molecule has 1 amide bonds. The first kappa shape index (κ1) is 15.1. The van der Waals surface area contributed by atoms with Gasteiger partial charge < -0.3 is 0 Å². The molecule has 2 heterocycles. The van der Waals surface area contributed by atoms with E-state index in [2.05, 4.69) is 11.1 Å². The highest BCUT2D eigenvalue weighted by atomic mass is 16.2. The first-order valence-corrected chi connectivity index (χ1v) is 8.13. The van der Waals surface area contributed by atoms with Gasteiger partial charge in [-0.25, -0.2) is 9.69 Å². The van der Waals surface area contributed by atoms with Crippen molar-refractivity contribution in [1.82, 2.24) is 9.66 Å². The number of aromatic nitrogens is 2. The Kier molecular flexibility index (Phi) is 3.78. The van der Waals surface area contributed by atoms with Crippen LogP contribution in [0.5, 0.6) is 0 Å². The maximum atomic E-state index is 12.6. The number of hydrogen-bond acceptors (Lipinski definition) is 2. The lowest BCUT2D eigenvalue weighted by atomic mass is 10.2. The minimum atomic E-state index is -0.0651. The summed E-state index contributed by atoms with van der Waals surface area (Å²) < 4.78 is 1.94. The topological polar surface area (TPSA) is 38.1 Å². The quantitative estimate of drug-likeness (QED) is 0.555. The third-order valence-electron chi connectivity index (χ3n) is 4.11. The predicted octanol–water partition coefficient (Wildman–Crippen LogP) is 4.52. The summed E-state index contributed by atoms with van der Waals surface area (Å²) in [6, 6.07) is 25.5. The number of anilines is 1. The molecule has 0 saturated carbocycles. The molecule has 0 unspecified atom stereocenters. The minimum Gasteiger partial charge on any atom is -0.273 e. The molecule has 0 atom stereocenters. The molecule has 2 aromatic carbocycles. The van der Waals surface area contributed by atoms with Gasteiger partial charge in [0.15, 0.2) is 0 Å². The van der Waals surface area contributed by atoms with Crippen molar-refractivity contribution in [2.24, 2.45) is 0 Å². The molecule has 0 saturated heterocycles. The van der Waals surface area contributed by atoms with Crippen LogP contribution in [0.25, 0.3) is 22.3 Å². The van der Waals surface area contributed by atoms with E-state index in [4.69, 9.17) is 0 Å². The van der Waals surface area contributed by atoms with Gasteiger partial charge in [0.2, 0.25) is 5.91 Å². The lowest BCUT2D eigenvalue weighted by molar-refractivity contribution is -0.117. The number of amides is 1. The highest BCUT2D eigenvalue weighted by Gasteiger charge is 2.21. The van der Waals surface area contributed by atoms with Gasteiger partial charge in [0.05, 0.1) is 22.6 Å². The van der Waals surface area contributed by atoms with Gasteiger partial charge in [-0.2, -0.15) is 0 Å². The van der Waals surface area contributed by atoms with Crippen LogP contribution in [0.2, 0.25) is 0 Å². The highest BCUT2D eigenvalue weighted by Crippen LogP contribution is 2.30. The fraction of sp³-hybridized carbons (Fsp3) is 0.0476. The van der Waals surface area contributed by atoms with Crippen molar-refractivity contribution in [2.75, 3.05) is 5.01 Å². The molecule has 0 aliphatic rings. The molecule has 0 N–H and O–H groups in total. The van der Waals surface area contributed by atoms with Crippen molar-refractivity contribution in [3.05, 3.63) is 85.1 Å². The van der Waals surface area contributed by atoms with E-state index in [1.54, 1.807) is 18.1 Å². The predicted molar refractivity (Wildman–Crippen MR) is 100 cm³/mol. The average Bonchev–Trinajstić information content (AvgIpc) is 3.03. The number of para-hydroxylation sites is 2. The first-order valence-electron chi connectivity index (χ1n) is 8.13. The van der Waals surface area contributed by atoms with Crippen LogP contribution in [0.4, 0.5) is 5.69 Å². The zero-order chi connectivity index (χ0) is 17.2. The maximum absolute atomic E-state index is 12.6. The number of hydrogen-bond donors (Lipinski definition) is 0. The van der Waals surface area contributed by atoms with Crippen LogP contribution in [0, 0.1) is 0 Å². The van der Waals surface area contributed by atoms with Gasteiger partial charge in [-0.15, -0.1) is 0 Å². The van der Waals surface area contributed by atoms with E-state index in [-0.39, 0.29) is 5.91 Å². The Labute approximate surface area is 145 Å². The normalized spacial score (nSPS) is 10.8. The third kappa shape index (κ3) is 2.68. The van der Waals surface area contributed by atoms with E-state index in [9.17, 15) is 4.79 Å². The number of nitrogens with zero attached hydrogens (tertiary/aromatic N) is 3. The number of pyridine rings is 1. The first-order chi connectivity index (χ1) is 12.3. The molecule has 122 valence electrons. The second kappa shape index (κ2) is 6.24. The Morgan fingerprint density at radius 2 is 1.64 bits per heavy atom. The molecule has 4 nitrogen and oxygen atoms in total. The van der Waals surface area contributed by atoms with Crippen LogP contribution in [0.15, 0.2) is 85.1 Å². The van der Waals surface area contributed by atoms with Gasteiger partial charge in [0.25, 0.3) is 0 Å². The molecule has 25 heavy (non-hydrogen) atoms. The molecular formula is C21H17N3O. The maximum Gasteiger partial charge on any atom is 0.243 e. The van der Waals surface area contributed by atoms with Crippen LogP contribution < -0.4 is 5.01 Å². The number of rotatable bonds is 3. The lowest BCUT2D eigenvalue weighted by Crippen LogP contribution is -2.34. The van der Waals surface area contributed by atoms with Crippen LogP contribution in [-0.4, -0.2) is 15.6 Å². The van der Waals surface area contributed by atoms with Gasteiger partial charge in [0, 0.05) is 18.5 Å². The Morgan fingerprint density at radius 3 is 2.36 bits per heavy atom. The lowest BCUT2D eigenvalue weighted by Gasteiger charge is -2.25. The molecule has 0 radical (unpaired) electrons. The standard InChI is InChI=1S/C21H17N3O/c1-16(25)23(18-10-3-2-4-11-18)24-20-13-6-5-9-17(20)15-21(24)19-12-7-8-14-22-19/h2-15H,1H3. The van der Waals surface area contributed by atoms with Crippen molar-refractivity contribution in [1.29, 1.82) is 0 Å². The molecule has 0 spiro atoms. The largest absolute Gasteiger partial charge is 0.273 e. The summed E-state index contributed by atoms with van der Waals surface area (Å²) in [4.78, 5) is 17.0. The molecule has 0 fully saturated rings. The minimum absolute atomic E-state index is 0.0651. The van der Waals surface area contributed by atoms with Gasteiger partial charge in [-0.1, -0.05) is 42.5 Å². The fourth-order valence-electron chi connectivity index (χ4n) is 3.06. The summed E-state index contributed by atoms with van der Waals surface area (Å²) in [6.45, 7) is 1.57. The van der Waals surface area contributed by atoms with E-state index in [1.165, 1.54) is 0 Å². The number of benzene rings is 2. The summed E-state index contributed by atoms with van der Waals surface area (Å²) in [6.07, 6.45) is 1.76. The average molecular weight is 327 g/mol. The Morgan fingerprint density at radius 1 is 0.920 bits per heavy atom. The van der Waals surface area contributed by atoms with Crippen LogP contribution >= 0.6 is 0 Å². The summed E-state index contributed by atoms with van der Waals surface area (Å²) in [7, 11) is 0. The summed E-state index contributed by atoms with van der Waals surface area (Å²) in [5.41, 5.74) is 3.47. The number of carbonyl (C=O) groups excluding carboxylic acids is 1. The molecule has 4 aromatic rings. The number of carbonyl (C=O) groups is 1. The van der Waals surface area contributed by atoms with E-state index >= 15 is 0 Å². The zero-order valence-corrected chi connectivity index (χ0v) is 13.8. The van der Waals surface area contributed by atoms with E-state index in [1.807, 2.05) is 77.5 Å². The van der Waals surface area contributed by atoms with Gasteiger partial charge in [-0.3, -0.25) is 9.78 Å². The highest BCUT2D eigenvalue weighted by molar-refractivity contribution is 5.96. The second-order valence-electron chi connectivity index (χ2n) is 5.78. The second-order valence-corrected chi connectivity index (χ2v) is 5.78. The van der Waals surface area contributed by atoms with Crippen molar-refractivity contribution in [3.63, 3.8) is 0 Å². The molecule has 0 aliphatic heterocycles. The van der Waals surface area contributed by atoms with Crippen molar-refractivity contribution >= 4 is 22.5 Å². The molecule has 0 aliphatic carbocycles. The van der Waals surface area contributed by atoms with Crippen molar-refractivity contribution in [3.8, 4) is 11.4 Å². The fourth-order valence-corrected chi connectivity index (χ4v) is 3.06. The Balaban J connectivity index is 2.03. The van der Waals surface area contributed by atoms with E-state index < -0.39 is 0 Å². The SMILES string of the molecule is CC(=O)N(c1ccccc1)n1c(-c2ccccn2)cc2ccccc21. The van der Waals surface area contributed by atoms with Crippen LogP contribution in [0.1, 0.15) is 6.92 Å². The van der Waals surface area contributed by atoms with E-state index in [0.717, 1.165) is 28.0 Å². The van der Waals surface area contributed by atoms with Gasteiger partial charge in [-0.05, 0) is 36.4 Å². The van der Waals surface area contributed by atoms with Crippen LogP contribution in [0.3, 0.4) is 0 Å². The van der Waals surface area contributed by atoms with Crippen LogP contribution in [-0.2, 0) is 4.79 Å². The van der Waals surface area contributed by atoms with Gasteiger partial charge >= 0.3 is 0 Å². The zero-order valence-electron chi connectivity index (χ0n) is 13.8. The van der Waals surface area contributed by atoms with Crippen molar-refractivity contribution < 1.29 is 4.79 Å². The summed E-state index contributed by atoms with van der Waals surface area (Å²) in [5, 5.41) is 2.75. The molecule has 4 heteroatoms. The molecule has 4 rings (SSSR count). The Hall–Kier alpha value is -3.40. The smallest absolute Gasteiger partial charge is 0.243 e. The molecule has 0 bridgehead atoms. The van der Waals surface area contributed by atoms with Gasteiger partial charge in [0.1, 0.15) is 0 Å². The number of fused-ring (bicyclic) bond motifs is 1.